The largest absolute Gasteiger partial charge is 0.481 e. The molecule has 1 aliphatic carbocycles. The Kier molecular flexibility index (Phi) is 7.65. The lowest BCUT2D eigenvalue weighted by molar-refractivity contribution is -0.139. The van der Waals surface area contributed by atoms with Crippen LogP contribution in [0.1, 0.15) is 65.3 Å². The number of rotatable bonds is 9. The number of carboxylic acids is 1. The van der Waals surface area contributed by atoms with Gasteiger partial charge in [0.15, 0.2) is 0 Å². The Morgan fingerprint density at radius 3 is 2.61 bits per heavy atom. The highest BCUT2D eigenvalue weighted by Gasteiger charge is 2.33. The number of aromatic nitrogens is 2. The maximum absolute atomic E-state index is 12.5. The highest BCUT2D eigenvalue weighted by molar-refractivity contribution is 5.78. The molecule has 2 aromatic rings. The quantitative estimate of drug-likeness (QED) is 0.450. The molecule has 1 aromatic carbocycles. The number of H-pyrrole nitrogens is 1. The summed E-state index contributed by atoms with van der Waals surface area (Å²) < 4.78 is 0. The van der Waals surface area contributed by atoms with Crippen molar-refractivity contribution >= 4 is 22.9 Å². The van der Waals surface area contributed by atoms with Crippen LogP contribution >= 0.6 is 0 Å². The first-order valence-electron chi connectivity index (χ1n) is 12.1. The number of aromatic amines is 1. The summed E-state index contributed by atoms with van der Waals surface area (Å²) in [5.74, 6) is 1.77. The summed E-state index contributed by atoms with van der Waals surface area (Å²) >= 11 is 0. The van der Waals surface area contributed by atoms with Gasteiger partial charge in [-0.2, -0.15) is 0 Å². The van der Waals surface area contributed by atoms with E-state index in [1.54, 1.807) is 0 Å². The van der Waals surface area contributed by atoms with Crippen LogP contribution in [0.5, 0.6) is 0 Å². The Hall–Kier alpha value is -2.63. The molecule has 3 N–H and O–H groups in total. The topological polar surface area (TPSA) is 95.1 Å². The number of benzene rings is 1. The monoisotopic (exact) mass is 453 g/mol. The molecule has 0 saturated heterocycles. The predicted molar refractivity (Wildman–Crippen MR) is 132 cm³/mol. The number of aryl methyl sites for hydroxylation is 1. The van der Waals surface area contributed by atoms with Gasteiger partial charge in [0.2, 0.25) is 5.91 Å². The summed E-state index contributed by atoms with van der Waals surface area (Å²) in [4.78, 5) is 31.9. The molecule has 0 radical (unpaired) electrons. The average molecular weight is 454 g/mol. The zero-order valence-corrected chi connectivity index (χ0v) is 20.9. The number of carboxylic acid groups (broad SMARTS) is 1. The third-order valence-corrected chi connectivity index (χ3v) is 7.09. The van der Waals surface area contributed by atoms with Crippen LogP contribution in [0.25, 0.3) is 11.0 Å². The molecular formula is C27H39N3O3. The fourth-order valence-corrected chi connectivity index (χ4v) is 5.27. The van der Waals surface area contributed by atoms with E-state index < -0.39 is 11.4 Å². The Balaban J connectivity index is 1.67. The molecule has 0 bridgehead atoms. The van der Waals surface area contributed by atoms with Gasteiger partial charge in [0, 0.05) is 19.4 Å². The van der Waals surface area contributed by atoms with Gasteiger partial charge in [0.1, 0.15) is 5.82 Å². The van der Waals surface area contributed by atoms with Crippen LogP contribution in [0.4, 0.5) is 0 Å². The van der Waals surface area contributed by atoms with Crippen LogP contribution < -0.4 is 5.32 Å². The Morgan fingerprint density at radius 1 is 1.24 bits per heavy atom. The van der Waals surface area contributed by atoms with Gasteiger partial charge in [-0.05, 0) is 61.0 Å². The van der Waals surface area contributed by atoms with Crippen LogP contribution in [0.15, 0.2) is 29.8 Å². The maximum atomic E-state index is 12.5. The van der Waals surface area contributed by atoms with Crippen molar-refractivity contribution in [2.45, 2.75) is 67.2 Å². The lowest BCUT2D eigenvalue weighted by Crippen LogP contribution is -2.38. The zero-order valence-electron chi connectivity index (χ0n) is 20.9. The van der Waals surface area contributed by atoms with Crippen LogP contribution in [-0.2, 0) is 16.0 Å². The number of para-hydroxylation sites is 1. The standard InChI is InChI=1S/C27H39N3O3/c1-16(2)21-11-19(12-23-29-22-9-7-8-17(3)26(22)30-23)18(4)10-20(21)15-28-24(31)13-27(5,6)14-25(32)33/h7-10,16,19-21H,11-15H2,1-6H3,(H,28,31)(H,29,30)(H,32,33). The number of aliphatic carboxylic acids is 1. The number of imidazole rings is 1. The van der Waals surface area contributed by atoms with Crippen LogP contribution in [0, 0.1) is 36.0 Å². The molecule has 1 aromatic heterocycles. The lowest BCUT2D eigenvalue weighted by atomic mass is 9.69. The molecule has 33 heavy (non-hydrogen) atoms. The number of nitrogens with zero attached hydrogens (tertiary/aromatic N) is 1. The number of amides is 1. The lowest BCUT2D eigenvalue weighted by Gasteiger charge is -2.37. The van der Waals surface area contributed by atoms with Gasteiger partial charge >= 0.3 is 5.97 Å². The number of hydrogen-bond donors (Lipinski definition) is 3. The fourth-order valence-electron chi connectivity index (χ4n) is 5.27. The summed E-state index contributed by atoms with van der Waals surface area (Å²) in [6.07, 6.45) is 4.51. The fraction of sp³-hybridized carbons (Fsp3) is 0.593. The minimum Gasteiger partial charge on any atom is -0.481 e. The molecule has 180 valence electrons. The van der Waals surface area contributed by atoms with Gasteiger partial charge in [-0.25, -0.2) is 4.98 Å². The first-order valence-corrected chi connectivity index (χ1v) is 12.1. The molecule has 3 atom stereocenters. The molecule has 1 heterocycles. The summed E-state index contributed by atoms with van der Waals surface area (Å²) in [6.45, 7) is 13.0. The van der Waals surface area contributed by atoms with E-state index in [0.29, 0.717) is 24.3 Å². The molecule has 3 unspecified atom stereocenters. The predicted octanol–water partition coefficient (Wildman–Crippen LogP) is 5.28. The van der Waals surface area contributed by atoms with Gasteiger partial charge in [-0.3, -0.25) is 9.59 Å². The van der Waals surface area contributed by atoms with Gasteiger partial charge in [0.25, 0.3) is 0 Å². The molecule has 6 nitrogen and oxygen atoms in total. The molecule has 1 amide bonds. The van der Waals surface area contributed by atoms with Crippen molar-refractivity contribution in [2.75, 3.05) is 6.54 Å². The minimum absolute atomic E-state index is 0.0134. The highest BCUT2D eigenvalue weighted by atomic mass is 16.4. The highest BCUT2D eigenvalue weighted by Crippen LogP contribution is 2.38. The van der Waals surface area contributed by atoms with Crippen molar-refractivity contribution in [3.8, 4) is 0 Å². The number of hydrogen-bond acceptors (Lipinski definition) is 3. The summed E-state index contributed by atoms with van der Waals surface area (Å²) in [5.41, 5.74) is 4.13. The van der Waals surface area contributed by atoms with Gasteiger partial charge < -0.3 is 15.4 Å². The number of nitrogens with one attached hydrogen (secondary N) is 2. The van der Waals surface area contributed by atoms with Gasteiger partial charge in [-0.1, -0.05) is 51.5 Å². The van der Waals surface area contributed by atoms with Crippen molar-refractivity contribution in [3.05, 3.63) is 41.2 Å². The first-order chi connectivity index (χ1) is 15.4. The first kappa shape index (κ1) is 25.0. The van der Waals surface area contributed by atoms with Crippen molar-refractivity contribution < 1.29 is 14.7 Å². The van der Waals surface area contributed by atoms with Crippen LogP contribution in [-0.4, -0.2) is 33.5 Å². The average Bonchev–Trinajstić information content (AvgIpc) is 3.10. The van der Waals surface area contributed by atoms with E-state index in [2.05, 4.69) is 62.3 Å². The molecular weight excluding hydrogens is 414 g/mol. The summed E-state index contributed by atoms with van der Waals surface area (Å²) in [5, 5.41) is 12.1. The van der Waals surface area contributed by atoms with Crippen molar-refractivity contribution in [3.63, 3.8) is 0 Å². The normalized spacial score (nSPS) is 21.3. The van der Waals surface area contributed by atoms with Crippen molar-refractivity contribution in [1.82, 2.24) is 15.3 Å². The second kappa shape index (κ2) is 10.1. The van der Waals surface area contributed by atoms with E-state index in [1.165, 1.54) is 11.1 Å². The van der Waals surface area contributed by atoms with Gasteiger partial charge in [0.05, 0.1) is 17.5 Å². The molecule has 3 rings (SSSR count). The number of carbonyl (C=O) groups is 2. The van der Waals surface area contributed by atoms with E-state index in [9.17, 15) is 9.59 Å². The van der Waals surface area contributed by atoms with E-state index in [4.69, 9.17) is 10.1 Å². The smallest absolute Gasteiger partial charge is 0.303 e. The summed E-state index contributed by atoms with van der Waals surface area (Å²) in [6, 6.07) is 6.23. The van der Waals surface area contributed by atoms with E-state index in [-0.39, 0.29) is 24.7 Å². The van der Waals surface area contributed by atoms with Crippen molar-refractivity contribution in [2.24, 2.45) is 29.1 Å². The SMILES string of the molecule is CC1=CC(CNC(=O)CC(C)(C)CC(=O)O)C(C(C)C)CC1Cc1nc2c(C)cccc2[nH]1. The molecule has 0 aliphatic heterocycles. The molecule has 6 heteroatoms. The zero-order chi connectivity index (χ0) is 24.3. The molecule has 1 aliphatic rings. The maximum Gasteiger partial charge on any atom is 0.303 e. The third kappa shape index (κ3) is 6.46. The summed E-state index contributed by atoms with van der Waals surface area (Å²) in [7, 11) is 0. The minimum atomic E-state index is -0.871. The van der Waals surface area contributed by atoms with E-state index >= 15 is 0 Å². The van der Waals surface area contributed by atoms with Crippen LogP contribution in [0.2, 0.25) is 0 Å². The van der Waals surface area contributed by atoms with E-state index in [1.807, 2.05) is 13.8 Å². The Labute approximate surface area is 197 Å². The molecule has 0 saturated carbocycles. The van der Waals surface area contributed by atoms with Crippen molar-refractivity contribution in [1.29, 1.82) is 0 Å². The van der Waals surface area contributed by atoms with Crippen LogP contribution in [0.3, 0.4) is 0 Å². The second-order valence-electron chi connectivity index (χ2n) is 11.0. The van der Waals surface area contributed by atoms with E-state index in [0.717, 1.165) is 29.7 Å². The molecule has 0 fully saturated rings. The third-order valence-electron chi connectivity index (χ3n) is 7.09. The number of fused-ring (bicyclic) bond motifs is 1. The number of allylic oxidation sites excluding steroid dienone is 1. The molecule has 0 spiro atoms. The van der Waals surface area contributed by atoms with Gasteiger partial charge in [-0.15, -0.1) is 0 Å². The number of carbonyl (C=O) groups excluding carboxylic acids is 1. The second-order valence-corrected chi connectivity index (χ2v) is 11.0. The Morgan fingerprint density at radius 2 is 1.97 bits per heavy atom. The Bertz CT molecular complexity index is 1030.